The quantitative estimate of drug-likeness (QED) is 0.557. The average molecular weight is 480 g/mol. The van der Waals surface area contributed by atoms with Gasteiger partial charge in [0.25, 0.3) is 0 Å². The van der Waals surface area contributed by atoms with Gasteiger partial charge >= 0.3 is 0 Å². The molecule has 0 saturated heterocycles. The molecule has 0 spiro atoms. The second kappa shape index (κ2) is 7.36. The van der Waals surface area contributed by atoms with Gasteiger partial charge in [0, 0.05) is 8.95 Å². The summed E-state index contributed by atoms with van der Waals surface area (Å²) in [5.41, 5.74) is 3.30. The summed E-state index contributed by atoms with van der Waals surface area (Å²) in [5, 5.41) is 3.46. The summed E-state index contributed by atoms with van der Waals surface area (Å²) in [6, 6.07) is 9.31. The monoisotopic (exact) mass is 477 g/mol. The van der Waals surface area contributed by atoms with Gasteiger partial charge in [0.15, 0.2) is 0 Å². The van der Waals surface area contributed by atoms with Crippen molar-refractivity contribution in [2.24, 2.45) is 0 Å². The molecule has 2 aromatic carbocycles. The van der Waals surface area contributed by atoms with E-state index in [0.717, 1.165) is 26.6 Å². The largest absolute Gasteiger partial charge is 0.306 e. The van der Waals surface area contributed by atoms with Crippen molar-refractivity contribution in [3.8, 4) is 0 Å². The van der Waals surface area contributed by atoms with Crippen LogP contribution in [0.5, 0.6) is 0 Å². The summed E-state index contributed by atoms with van der Waals surface area (Å²) in [4.78, 5) is 0. The Bertz CT molecular complexity index is 658. The molecule has 21 heavy (non-hydrogen) atoms. The summed E-state index contributed by atoms with van der Waals surface area (Å²) in [6.45, 7) is 4.93. The number of benzene rings is 2. The van der Waals surface area contributed by atoms with Gasteiger partial charge in [-0.05, 0) is 70.4 Å². The molecule has 112 valence electrons. The number of nitrogens with one attached hydrogen (secondary N) is 1. The number of hydrogen-bond donors (Lipinski definition) is 1. The Labute approximate surface area is 149 Å². The molecule has 2 aromatic rings. The maximum absolute atomic E-state index is 13.5. The molecule has 1 atom stereocenters. The normalized spacial score (nSPS) is 12.5. The highest BCUT2D eigenvalue weighted by atomic mass is 79.9. The van der Waals surface area contributed by atoms with Gasteiger partial charge in [-0.25, -0.2) is 4.39 Å². The van der Waals surface area contributed by atoms with Crippen molar-refractivity contribution < 1.29 is 4.39 Å². The lowest BCUT2D eigenvalue weighted by molar-refractivity contribution is 0.607. The van der Waals surface area contributed by atoms with Crippen LogP contribution in [0.2, 0.25) is 0 Å². The Morgan fingerprint density at radius 2 is 1.76 bits per heavy atom. The molecule has 0 aliphatic carbocycles. The molecule has 0 radical (unpaired) electrons. The van der Waals surface area contributed by atoms with Gasteiger partial charge in [-0.1, -0.05) is 44.8 Å². The van der Waals surface area contributed by atoms with E-state index >= 15 is 0 Å². The van der Waals surface area contributed by atoms with Crippen molar-refractivity contribution in [3.05, 3.63) is 66.3 Å². The van der Waals surface area contributed by atoms with Crippen molar-refractivity contribution in [3.63, 3.8) is 0 Å². The van der Waals surface area contributed by atoms with Crippen LogP contribution in [0.4, 0.5) is 4.39 Å². The van der Waals surface area contributed by atoms with E-state index in [0.29, 0.717) is 4.47 Å². The third-order valence-corrected chi connectivity index (χ3v) is 5.42. The lowest BCUT2D eigenvalue weighted by Gasteiger charge is -2.21. The zero-order chi connectivity index (χ0) is 15.6. The summed E-state index contributed by atoms with van der Waals surface area (Å²) in [6.07, 6.45) is 0. The van der Waals surface area contributed by atoms with Crippen LogP contribution in [0.25, 0.3) is 0 Å². The van der Waals surface area contributed by atoms with Gasteiger partial charge in [-0.3, -0.25) is 0 Å². The van der Waals surface area contributed by atoms with Crippen molar-refractivity contribution in [1.82, 2.24) is 5.32 Å². The highest BCUT2D eigenvalue weighted by Gasteiger charge is 2.18. The summed E-state index contributed by atoms with van der Waals surface area (Å²) in [7, 11) is 0. The second-order valence-electron chi connectivity index (χ2n) is 4.79. The van der Waals surface area contributed by atoms with E-state index in [9.17, 15) is 4.39 Å². The van der Waals surface area contributed by atoms with Crippen molar-refractivity contribution in [2.75, 3.05) is 6.54 Å². The third kappa shape index (κ3) is 3.95. The fraction of sp³-hybridized carbons (Fsp3) is 0.250. The molecule has 1 unspecified atom stereocenters. The summed E-state index contributed by atoms with van der Waals surface area (Å²) >= 11 is 10.5. The molecule has 0 fully saturated rings. The maximum atomic E-state index is 13.5. The van der Waals surface area contributed by atoms with Gasteiger partial charge in [0.1, 0.15) is 5.82 Å². The van der Waals surface area contributed by atoms with Crippen LogP contribution in [0.1, 0.15) is 29.7 Å². The van der Waals surface area contributed by atoms with E-state index in [1.807, 2.05) is 12.1 Å². The van der Waals surface area contributed by atoms with Crippen LogP contribution in [0, 0.1) is 12.7 Å². The smallest absolute Gasteiger partial charge is 0.137 e. The van der Waals surface area contributed by atoms with Crippen LogP contribution in [-0.2, 0) is 0 Å². The van der Waals surface area contributed by atoms with Crippen LogP contribution >= 0.6 is 47.8 Å². The molecule has 2 rings (SSSR count). The van der Waals surface area contributed by atoms with E-state index in [2.05, 4.69) is 79.1 Å². The fourth-order valence-electron chi connectivity index (χ4n) is 2.19. The van der Waals surface area contributed by atoms with E-state index in [1.165, 1.54) is 11.6 Å². The lowest BCUT2D eigenvalue weighted by Crippen LogP contribution is -2.22. The predicted octanol–water partition coefficient (Wildman–Crippen LogP) is 6.12. The van der Waals surface area contributed by atoms with E-state index in [4.69, 9.17) is 0 Å². The Morgan fingerprint density at radius 1 is 1.05 bits per heavy atom. The lowest BCUT2D eigenvalue weighted by atomic mass is 9.97. The molecule has 0 aliphatic heterocycles. The Kier molecular flexibility index (Phi) is 6.00. The minimum atomic E-state index is -0.252. The SMILES string of the molecule is CCNC(c1ccc(F)c(Br)c1)c1cc(Br)c(C)cc1Br. The predicted molar refractivity (Wildman–Crippen MR) is 96.2 cm³/mol. The van der Waals surface area contributed by atoms with E-state index in [-0.39, 0.29) is 11.9 Å². The second-order valence-corrected chi connectivity index (χ2v) is 7.35. The Balaban J connectivity index is 2.52. The van der Waals surface area contributed by atoms with Crippen LogP contribution in [0.15, 0.2) is 43.7 Å². The standard InChI is InChI=1S/C16H15Br3FN/c1-3-21-16(10-4-5-15(20)14(19)7-10)11-8-12(17)9(2)6-13(11)18/h4-8,16,21H,3H2,1-2H3. The van der Waals surface area contributed by atoms with Crippen molar-refractivity contribution in [1.29, 1.82) is 0 Å². The Morgan fingerprint density at radius 3 is 2.38 bits per heavy atom. The van der Waals surface area contributed by atoms with Gasteiger partial charge in [0.2, 0.25) is 0 Å². The van der Waals surface area contributed by atoms with Crippen LogP contribution in [0.3, 0.4) is 0 Å². The third-order valence-electron chi connectivity index (χ3n) is 3.27. The molecule has 5 heteroatoms. The first-order valence-corrected chi connectivity index (χ1v) is 8.95. The minimum absolute atomic E-state index is 0.00169. The average Bonchev–Trinajstić information content (AvgIpc) is 2.44. The van der Waals surface area contributed by atoms with Crippen LogP contribution < -0.4 is 5.32 Å². The molecule has 0 bridgehead atoms. The number of halogens is 4. The molecule has 0 aromatic heterocycles. The number of hydrogen-bond acceptors (Lipinski definition) is 1. The zero-order valence-corrected chi connectivity index (χ0v) is 16.4. The Hall–Kier alpha value is -0.230. The molecule has 0 heterocycles. The van der Waals surface area contributed by atoms with Crippen molar-refractivity contribution in [2.45, 2.75) is 19.9 Å². The first-order chi connectivity index (χ1) is 9.93. The van der Waals surface area contributed by atoms with Gasteiger partial charge in [-0.15, -0.1) is 0 Å². The first kappa shape index (κ1) is 17.1. The summed E-state index contributed by atoms with van der Waals surface area (Å²) in [5.74, 6) is -0.252. The van der Waals surface area contributed by atoms with Gasteiger partial charge in [0.05, 0.1) is 10.5 Å². The highest BCUT2D eigenvalue weighted by molar-refractivity contribution is 9.11. The van der Waals surface area contributed by atoms with Crippen LogP contribution in [-0.4, -0.2) is 6.54 Å². The topological polar surface area (TPSA) is 12.0 Å². The minimum Gasteiger partial charge on any atom is -0.306 e. The highest BCUT2D eigenvalue weighted by Crippen LogP contribution is 2.34. The molecule has 0 amide bonds. The number of rotatable bonds is 4. The molecule has 1 nitrogen and oxygen atoms in total. The van der Waals surface area contributed by atoms with Crippen molar-refractivity contribution >= 4 is 47.8 Å². The molecule has 1 N–H and O–H groups in total. The van der Waals surface area contributed by atoms with E-state index < -0.39 is 0 Å². The van der Waals surface area contributed by atoms with Gasteiger partial charge < -0.3 is 5.32 Å². The van der Waals surface area contributed by atoms with E-state index in [1.54, 1.807) is 0 Å². The number of aryl methyl sites for hydroxylation is 1. The fourth-order valence-corrected chi connectivity index (χ4v) is 3.63. The molecule has 0 saturated carbocycles. The van der Waals surface area contributed by atoms with Gasteiger partial charge in [-0.2, -0.15) is 0 Å². The maximum Gasteiger partial charge on any atom is 0.137 e. The zero-order valence-electron chi connectivity index (χ0n) is 11.7. The molecule has 0 aliphatic rings. The molecular weight excluding hydrogens is 465 g/mol. The summed E-state index contributed by atoms with van der Waals surface area (Å²) < 4.78 is 16.0. The first-order valence-electron chi connectivity index (χ1n) is 6.58. The molecular formula is C16H15Br3FN.